The maximum Gasteiger partial charge on any atom is 0.165 e. The van der Waals surface area contributed by atoms with E-state index in [0.29, 0.717) is 22.3 Å². The van der Waals surface area contributed by atoms with Gasteiger partial charge in [0, 0.05) is 10.8 Å². The van der Waals surface area contributed by atoms with Gasteiger partial charge in [-0.25, -0.2) is 13.2 Å². The molecular weight excluding hydrogens is 453 g/mol. The van der Waals surface area contributed by atoms with Crippen LogP contribution in [0.25, 0.3) is 0 Å². The Kier molecular flexibility index (Phi) is 6.01. The van der Waals surface area contributed by atoms with Crippen molar-refractivity contribution in [3.63, 3.8) is 0 Å². The van der Waals surface area contributed by atoms with E-state index in [1.54, 1.807) is 25.1 Å². The molecule has 180 valence electrons. The summed E-state index contributed by atoms with van der Waals surface area (Å²) in [5, 5.41) is 28.9. The summed E-state index contributed by atoms with van der Waals surface area (Å²) in [6.07, 6.45) is 0. The molecule has 0 bridgehead atoms. The maximum absolute atomic E-state index is 14.3. The number of benzene rings is 4. The largest absolute Gasteiger partial charge is 0.505 e. The van der Waals surface area contributed by atoms with Gasteiger partial charge in [-0.05, 0) is 71.1 Å². The van der Waals surface area contributed by atoms with Gasteiger partial charge in [-0.2, -0.15) is 0 Å². The van der Waals surface area contributed by atoms with Crippen LogP contribution in [-0.2, 0) is 10.8 Å². The van der Waals surface area contributed by atoms with Crippen LogP contribution in [0, 0.1) is 17.5 Å². The van der Waals surface area contributed by atoms with Crippen molar-refractivity contribution < 1.29 is 28.5 Å². The average Bonchev–Trinajstić information content (AvgIpc) is 2.83. The van der Waals surface area contributed by atoms with Gasteiger partial charge in [0.25, 0.3) is 0 Å². The lowest BCUT2D eigenvalue weighted by Gasteiger charge is -2.33. The Bertz CT molecular complexity index is 1340. The molecule has 0 spiro atoms. The zero-order valence-corrected chi connectivity index (χ0v) is 19.5. The lowest BCUT2D eigenvalue weighted by molar-refractivity contribution is 0.429. The summed E-state index contributed by atoms with van der Waals surface area (Å²) >= 11 is 0. The molecular formula is C29H25F3O3. The maximum atomic E-state index is 14.3. The van der Waals surface area contributed by atoms with Gasteiger partial charge in [0.05, 0.1) is 0 Å². The van der Waals surface area contributed by atoms with E-state index in [1.807, 2.05) is 38.1 Å². The SMILES string of the molecule is CC(C)(c1ccc(C(C)(c2ccc(O)c(F)c2)c2ccc(O)c(F)c2)cc1)c1ccc(O)c(F)c1. The van der Waals surface area contributed by atoms with E-state index in [-0.39, 0.29) is 0 Å². The number of hydrogen-bond donors (Lipinski definition) is 3. The molecule has 3 nitrogen and oxygen atoms in total. The fourth-order valence-corrected chi connectivity index (χ4v) is 4.42. The third kappa shape index (κ3) is 4.20. The summed E-state index contributed by atoms with van der Waals surface area (Å²) < 4.78 is 42.7. The normalized spacial score (nSPS) is 12.1. The third-order valence-corrected chi connectivity index (χ3v) is 6.90. The monoisotopic (exact) mass is 478 g/mol. The van der Waals surface area contributed by atoms with Crippen LogP contribution in [0.3, 0.4) is 0 Å². The van der Waals surface area contributed by atoms with Gasteiger partial charge < -0.3 is 15.3 Å². The average molecular weight is 479 g/mol. The quantitative estimate of drug-likeness (QED) is 0.274. The van der Waals surface area contributed by atoms with E-state index in [2.05, 4.69) is 0 Å². The third-order valence-electron chi connectivity index (χ3n) is 6.90. The Morgan fingerprint density at radius 1 is 0.457 bits per heavy atom. The number of rotatable bonds is 5. The van der Waals surface area contributed by atoms with Crippen LogP contribution in [0.15, 0.2) is 78.9 Å². The molecule has 3 N–H and O–H groups in total. The van der Waals surface area contributed by atoms with Gasteiger partial charge in [0.15, 0.2) is 34.7 Å². The van der Waals surface area contributed by atoms with Crippen molar-refractivity contribution in [1.29, 1.82) is 0 Å². The van der Waals surface area contributed by atoms with Crippen LogP contribution in [0.5, 0.6) is 17.2 Å². The van der Waals surface area contributed by atoms with Crippen LogP contribution in [-0.4, -0.2) is 15.3 Å². The van der Waals surface area contributed by atoms with E-state index in [0.717, 1.165) is 5.56 Å². The van der Waals surface area contributed by atoms with E-state index in [4.69, 9.17) is 0 Å². The van der Waals surface area contributed by atoms with Crippen molar-refractivity contribution >= 4 is 0 Å². The second kappa shape index (κ2) is 8.69. The summed E-state index contributed by atoms with van der Waals surface area (Å²) in [7, 11) is 0. The summed E-state index contributed by atoms with van der Waals surface area (Å²) in [5.41, 5.74) is 1.57. The van der Waals surface area contributed by atoms with Crippen LogP contribution in [0.1, 0.15) is 48.6 Å². The fourth-order valence-electron chi connectivity index (χ4n) is 4.42. The first-order valence-corrected chi connectivity index (χ1v) is 11.0. The van der Waals surface area contributed by atoms with Crippen molar-refractivity contribution in [3.05, 3.63) is 124 Å². The Labute approximate surface area is 201 Å². The molecule has 0 aliphatic carbocycles. The van der Waals surface area contributed by atoms with Gasteiger partial charge in [-0.3, -0.25) is 0 Å². The van der Waals surface area contributed by atoms with Crippen molar-refractivity contribution in [2.24, 2.45) is 0 Å². The molecule has 0 saturated carbocycles. The Balaban J connectivity index is 1.84. The molecule has 4 rings (SSSR count). The second-order valence-corrected chi connectivity index (χ2v) is 9.33. The number of phenols is 3. The summed E-state index contributed by atoms with van der Waals surface area (Å²) in [6.45, 7) is 5.66. The molecule has 0 atom stereocenters. The van der Waals surface area contributed by atoms with E-state index < -0.39 is 45.5 Å². The van der Waals surface area contributed by atoms with Crippen LogP contribution >= 0.6 is 0 Å². The smallest absolute Gasteiger partial charge is 0.165 e. The Morgan fingerprint density at radius 3 is 1.17 bits per heavy atom. The standard InChI is InChI=1S/C29H25F3O3/c1-28(2,19-8-11-25(33)22(30)14-19)17-4-6-18(7-5-17)29(3,20-9-12-26(34)23(31)15-20)21-10-13-27(35)24(32)16-21/h4-16,33-35H,1-3H3. The molecule has 0 aliphatic heterocycles. The molecule has 4 aromatic carbocycles. The van der Waals surface area contributed by atoms with E-state index in [1.165, 1.54) is 36.4 Å². The first-order valence-electron chi connectivity index (χ1n) is 11.0. The molecule has 0 saturated heterocycles. The molecule has 35 heavy (non-hydrogen) atoms. The first-order chi connectivity index (χ1) is 16.4. The van der Waals surface area contributed by atoms with Gasteiger partial charge >= 0.3 is 0 Å². The van der Waals surface area contributed by atoms with Gasteiger partial charge in [0.2, 0.25) is 0 Å². The van der Waals surface area contributed by atoms with Crippen molar-refractivity contribution in [2.75, 3.05) is 0 Å². The van der Waals surface area contributed by atoms with Crippen molar-refractivity contribution in [2.45, 2.75) is 31.6 Å². The minimum absolute atomic E-state index is 0.419. The molecule has 0 heterocycles. The van der Waals surface area contributed by atoms with Crippen LogP contribution < -0.4 is 0 Å². The molecule has 0 aromatic heterocycles. The first kappa shape index (κ1) is 24.2. The topological polar surface area (TPSA) is 60.7 Å². The predicted molar refractivity (Wildman–Crippen MR) is 128 cm³/mol. The minimum atomic E-state index is -1.03. The van der Waals surface area contributed by atoms with Crippen LogP contribution in [0.2, 0.25) is 0 Å². The highest BCUT2D eigenvalue weighted by atomic mass is 19.1. The molecule has 0 aliphatic rings. The van der Waals surface area contributed by atoms with E-state index in [9.17, 15) is 28.5 Å². The van der Waals surface area contributed by atoms with Crippen LogP contribution in [0.4, 0.5) is 13.2 Å². The summed E-state index contributed by atoms with van der Waals surface area (Å²) in [4.78, 5) is 0. The molecule has 0 radical (unpaired) electrons. The van der Waals surface area contributed by atoms with Gasteiger partial charge in [-0.1, -0.05) is 56.3 Å². The number of phenolic OH excluding ortho intramolecular Hbond substituents is 3. The minimum Gasteiger partial charge on any atom is -0.505 e. The molecule has 0 amide bonds. The lowest BCUT2D eigenvalue weighted by atomic mass is 9.70. The Hall–Kier alpha value is -3.93. The zero-order chi connectivity index (χ0) is 25.5. The summed E-state index contributed by atoms with van der Waals surface area (Å²) in [6, 6.07) is 19.7. The van der Waals surface area contributed by atoms with Gasteiger partial charge in [-0.15, -0.1) is 0 Å². The zero-order valence-electron chi connectivity index (χ0n) is 19.5. The highest BCUT2D eigenvalue weighted by molar-refractivity contribution is 5.53. The molecule has 0 fully saturated rings. The Morgan fingerprint density at radius 2 is 0.771 bits per heavy atom. The van der Waals surface area contributed by atoms with Gasteiger partial charge in [0.1, 0.15) is 0 Å². The molecule has 4 aromatic rings. The molecule has 0 unspecified atom stereocenters. The summed E-state index contributed by atoms with van der Waals surface area (Å²) in [5.74, 6) is -3.72. The highest BCUT2D eigenvalue weighted by Gasteiger charge is 2.33. The predicted octanol–water partition coefficient (Wildman–Crippen LogP) is 6.90. The number of hydrogen-bond acceptors (Lipinski definition) is 3. The van der Waals surface area contributed by atoms with Crippen molar-refractivity contribution in [3.8, 4) is 17.2 Å². The molecule has 6 heteroatoms. The lowest BCUT2D eigenvalue weighted by Crippen LogP contribution is -2.26. The van der Waals surface area contributed by atoms with Crippen molar-refractivity contribution in [1.82, 2.24) is 0 Å². The second-order valence-electron chi connectivity index (χ2n) is 9.33. The number of aromatic hydroxyl groups is 3. The highest BCUT2D eigenvalue weighted by Crippen LogP contribution is 2.42. The van der Waals surface area contributed by atoms with E-state index >= 15 is 0 Å². The number of halogens is 3. The fraction of sp³-hybridized carbons (Fsp3) is 0.172.